The monoisotopic (exact) mass is 365 g/mol. The maximum absolute atomic E-state index is 12.1. The third-order valence-corrected chi connectivity index (χ3v) is 4.03. The van der Waals surface area contributed by atoms with Crippen LogP contribution in [0.25, 0.3) is 0 Å². The molecule has 0 unspecified atom stereocenters. The van der Waals surface area contributed by atoms with Gasteiger partial charge in [0.25, 0.3) is 5.91 Å². The van der Waals surface area contributed by atoms with Gasteiger partial charge >= 0.3 is 0 Å². The Balaban J connectivity index is 1.97. The summed E-state index contributed by atoms with van der Waals surface area (Å²) < 4.78 is 0. The zero-order valence-corrected chi connectivity index (χ0v) is 14.5. The number of para-hydroxylation sites is 1. The highest BCUT2D eigenvalue weighted by atomic mass is 35.5. The molecule has 2 aromatic rings. The van der Waals surface area contributed by atoms with Crippen LogP contribution in [0.15, 0.2) is 42.5 Å². The van der Waals surface area contributed by atoms with Crippen molar-refractivity contribution in [2.75, 3.05) is 11.9 Å². The van der Waals surface area contributed by atoms with Crippen LogP contribution in [0.1, 0.15) is 28.9 Å². The minimum absolute atomic E-state index is 0.0488. The van der Waals surface area contributed by atoms with Crippen molar-refractivity contribution in [3.05, 3.63) is 63.6 Å². The largest absolute Gasteiger partial charge is 0.366 e. The van der Waals surface area contributed by atoms with E-state index < -0.39 is 5.91 Å². The SMILES string of the molecule is C[C@H](NCC(=O)Nc1ccccc1C(N)=O)c1ccc(Cl)cc1Cl. The number of amides is 2. The highest BCUT2D eigenvalue weighted by molar-refractivity contribution is 6.35. The van der Waals surface area contributed by atoms with Gasteiger partial charge < -0.3 is 16.4 Å². The number of hydrogen-bond donors (Lipinski definition) is 3. The number of halogens is 2. The Kier molecular flexibility index (Phi) is 6.20. The quantitative estimate of drug-likeness (QED) is 0.733. The molecule has 0 aromatic heterocycles. The summed E-state index contributed by atoms with van der Waals surface area (Å²) in [7, 11) is 0. The number of nitrogens with two attached hydrogens (primary N) is 1. The van der Waals surface area contributed by atoms with E-state index >= 15 is 0 Å². The van der Waals surface area contributed by atoms with Crippen molar-refractivity contribution in [3.8, 4) is 0 Å². The van der Waals surface area contributed by atoms with Gasteiger partial charge in [-0.05, 0) is 36.8 Å². The minimum atomic E-state index is -0.597. The fourth-order valence-corrected chi connectivity index (χ4v) is 2.78. The third kappa shape index (κ3) is 4.71. The molecule has 2 aromatic carbocycles. The van der Waals surface area contributed by atoms with Gasteiger partial charge in [-0.25, -0.2) is 0 Å². The van der Waals surface area contributed by atoms with Crippen molar-refractivity contribution in [1.29, 1.82) is 0 Å². The van der Waals surface area contributed by atoms with Crippen molar-refractivity contribution in [3.63, 3.8) is 0 Å². The van der Waals surface area contributed by atoms with Gasteiger partial charge in [-0.1, -0.05) is 41.4 Å². The summed E-state index contributed by atoms with van der Waals surface area (Å²) in [4.78, 5) is 23.4. The summed E-state index contributed by atoms with van der Waals surface area (Å²) in [6.45, 7) is 1.94. The lowest BCUT2D eigenvalue weighted by Crippen LogP contribution is -2.31. The van der Waals surface area contributed by atoms with Crippen LogP contribution in [0, 0.1) is 0 Å². The van der Waals surface area contributed by atoms with Crippen LogP contribution in [0.5, 0.6) is 0 Å². The first-order chi connectivity index (χ1) is 11.4. The maximum Gasteiger partial charge on any atom is 0.250 e. The van der Waals surface area contributed by atoms with Crippen molar-refractivity contribution >= 4 is 40.7 Å². The lowest BCUT2D eigenvalue weighted by atomic mass is 10.1. The topological polar surface area (TPSA) is 84.2 Å². The van der Waals surface area contributed by atoms with Crippen LogP contribution in [-0.2, 0) is 4.79 Å². The van der Waals surface area contributed by atoms with Gasteiger partial charge in [-0.15, -0.1) is 0 Å². The zero-order chi connectivity index (χ0) is 17.7. The second kappa shape index (κ2) is 8.15. The normalized spacial score (nSPS) is 11.8. The van der Waals surface area contributed by atoms with Crippen LogP contribution < -0.4 is 16.4 Å². The van der Waals surface area contributed by atoms with Crippen LogP contribution in [0.4, 0.5) is 5.69 Å². The van der Waals surface area contributed by atoms with E-state index in [0.717, 1.165) is 5.56 Å². The Morgan fingerprint density at radius 1 is 1.17 bits per heavy atom. The van der Waals surface area contributed by atoms with Crippen molar-refractivity contribution in [2.24, 2.45) is 5.73 Å². The number of benzene rings is 2. The predicted octanol–water partition coefficient (Wildman–Crippen LogP) is 3.38. The molecule has 0 bridgehead atoms. The molecule has 0 spiro atoms. The number of primary amides is 1. The maximum atomic E-state index is 12.1. The van der Waals surface area contributed by atoms with Crippen molar-refractivity contribution in [2.45, 2.75) is 13.0 Å². The highest BCUT2D eigenvalue weighted by Gasteiger charge is 2.13. The molecule has 0 heterocycles. The number of anilines is 1. The van der Waals surface area contributed by atoms with Gasteiger partial charge in [0.05, 0.1) is 17.8 Å². The van der Waals surface area contributed by atoms with Gasteiger partial charge in [-0.2, -0.15) is 0 Å². The average molecular weight is 366 g/mol. The van der Waals surface area contributed by atoms with E-state index in [1.54, 1.807) is 36.4 Å². The number of nitrogens with one attached hydrogen (secondary N) is 2. The summed E-state index contributed by atoms with van der Waals surface area (Å²) >= 11 is 12.0. The molecule has 0 aliphatic carbocycles. The first kappa shape index (κ1) is 18.3. The van der Waals surface area contributed by atoms with Gasteiger partial charge in [0, 0.05) is 16.1 Å². The molecule has 0 fully saturated rings. The van der Waals surface area contributed by atoms with E-state index in [2.05, 4.69) is 10.6 Å². The summed E-state index contributed by atoms with van der Waals surface area (Å²) in [5.74, 6) is -0.888. The summed E-state index contributed by atoms with van der Waals surface area (Å²) in [6, 6.07) is 11.6. The highest BCUT2D eigenvalue weighted by Crippen LogP contribution is 2.26. The lowest BCUT2D eigenvalue weighted by Gasteiger charge is -2.16. The second-order valence-corrected chi connectivity index (χ2v) is 6.07. The Bertz CT molecular complexity index is 765. The molecule has 2 amide bonds. The predicted molar refractivity (Wildman–Crippen MR) is 96.5 cm³/mol. The molecule has 1 atom stereocenters. The standard InChI is InChI=1S/C17H17Cl2N3O2/c1-10(12-7-6-11(18)8-14(12)19)21-9-16(23)22-15-5-3-2-4-13(15)17(20)24/h2-8,10,21H,9H2,1H3,(H2,20,24)(H,22,23)/t10-/m0/s1. The van der Waals surface area contributed by atoms with Gasteiger partial charge in [-0.3, -0.25) is 9.59 Å². The molecule has 0 saturated carbocycles. The Morgan fingerprint density at radius 2 is 1.88 bits per heavy atom. The molecule has 4 N–H and O–H groups in total. The molecule has 7 heteroatoms. The molecular weight excluding hydrogens is 349 g/mol. The van der Waals surface area contributed by atoms with E-state index in [0.29, 0.717) is 15.7 Å². The molecule has 2 rings (SSSR count). The van der Waals surface area contributed by atoms with Crippen LogP contribution >= 0.6 is 23.2 Å². The molecule has 126 valence electrons. The first-order valence-electron chi connectivity index (χ1n) is 7.25. The average Bonchev–Trinajstić information content (AvgIpc) is 2.53. The minimum Gasteiger partial charge on any atom is -0.366 e. The fourth-order valence-electron chi connectivity index (χ4n) is 2.21. The Hall–Kier alpha value is -2.08. The van der Waals surface area contributed by atoms with E-state index in [1.165, 1.54) is 0 Å². The number of rotatable bonds is 6. The Morgan fingerprint density at radius 3 is 2.54 bits per heavy atom. The molecular formula is C17H17Cl2N3O2. The molecule has 24 heavy (non-hydrogen) atoms. The van der Waals surface area contributed by atoms with E-state index in [-0.39, 0.29) is 24.1 Å². The molecule has 0 saturated heterocycles. The van der Waals surface area contributed by atoms with Gasteiger partial charge in [0.1, 0.15) is 0 Å². The van der Waals surface area contributed by atoms with Gasteiger partial charge in [0.2, 0.25) is 5.91 Å². The van der Waals surface area contributed by atoms with E-state index in [4.69, 9.17) is 28.9 Å². The van der Waals surface area contributed by atoms with Crippen LogP contribution in [-0.4, -0.2) is 18.4 Å². The zero-order valence-electron chi connectivity index (χ0n) is 13.0. The lowest BCUT2D eigenvalue weighted by molar-refractivity contribution is -0.115. The van der Waals surface area contributed by atoms with Crippen LogP contribution in [0.3, 0.4) is 0 Å². The van der Waals surface area contributed by atoms with Gasteiger partial charge in [0.15, 0.2) is 0 Å². The molecule has 0 radical (unpaired) electrons. The summed E-state index contributed by atoms with van der Waals surface area (Å²) in [6.07, 6.45) is 0. The Labute approximate surface area is 150 Å². The van der Waals surface area contributed by atoms with Crippen LogP contribution in [0.2, 0.25) is 10.0 Å². The molecule has 0 aliphatic heterocycles. The number of carbonyl (C=O) groups excluding carboxylic acids is 2. The van der Waals surface area contributed by atoms with Crippen molar-refractivity contribution < 1.29 is 9.59 Å². The fraction of sp³-hybridized carbons (Fsp3) is 0.176. The molecule has 0 aliphatic rings. The smallest absolute Gasteiger partial charge is 0.250 e. The summed E-state index contributed by atoms with van der Waals surface area (Å²) in [5, 5.41) is 6.82. The van der Waals surface area contributed by atoms with Crippen molar-refractivity contribution in [1.82, 2.24) is 5.32 Å². The number of hydrogen-bond acceptors (Lipinski definition) is 3. The number of carbonyl (C=O) groups is 2. The third-order valence-electron chi connectivity index (χ3n) is 3.46. The first-order valence-corrected chi connectivity index (χ1v) is 8.01. The second-order valence-electron chi connectivity index (χ2n) is 5.23. The van der Waals surface area contributed by atoms with E-state index in [9.17, 15) is 9.59 Å². The summed E-state index contributed by atoms with van der Waals surface area (Å²) in [5.41, 5.74) is 6.77. The van der Waals surface area contributed by atoms with E-state index in [1.807, 2.05) is 13.0 Å². The molecule has 5 nitrogen and oxygen atoms in total.